The third kappa shape index (κ3) is 7.39. The molecule has 0 spiro atoms. The topological polar surface area (TPSA) is 131 Å². The number of amides is 1. The molecule has 0 bridgehead atoms. The fourth-order valence-electron chi connectivity index (χ4n) is 4.16. The standard InChI is InChI=1S/C21H37N5O3S2/c1-14(2)12-18(28)21(3)13-31-30-11-8-17(27)15(6-4-9-24-20(22)23)25-19(29)16-7-5-10-26(16)21/h14-16H,4-13H2,1-3H3,(H,25,29)(H4,22,23,24)/t15-,16-,21?/m0/s1. The Labute approximate surface area is 193 Å². The van der Waals surface area contributed by atoms with Crippen molar-refractivity contribution in [2.75, 3.05) is 24.6 Å². The highest BCUT2D eigenvalue weighted by molar-refractivity contribution is 8.76. The minimum Gasteiger partial charge on any atom is -0.370 e. The second kappa shape index (κ2) is 12.1. The van der Waals surface area contributed by atoms with E-state index >= 15 is 0 Å². The van der Waals surface area contributed by atoms with Crippen molar-refractivity contribution >= 4 is 45.0 Å². The number of fused-ring (bicyclic) bond motifs is 1. The van der Waals surface area contributed by atoms with E-state index in [1.54, 1.807) is 21.6 Å². The van der Waals surface area contributed by atoms with Gasteiger partial charge in [0.15, 0.2) is 17.5 Å². The Hall–Kier alpha value is -1.26. The van der Waals surface area contributed by atoms with Gasteiger partial charge in [0.25, 0.3) is 0 Å². The number of guanidine groups is 1. The van der Waals surface area contributed by atoms with Gasteiger partial charge in [0.1, 0.15) is 0 Å². The van der Waals surface area contributed by atoms with E-state index in [1.807, 2.05) is 20.8 Å². The van der Waals surface area contributed by atoms with Crippen molar-refractivity contribution < 1.29 is 14.4 Å². The summed E-state index contributed by atoms with van der Waals surface area (Å²) in [5.41, 5.74) is 10.0. The summed E-state index contributed by atoms with van der Waals surface area (Å²) < 4.78 is 0. The molecule has 2 fully saturated rings. The molecule has 31 heavy (non-hydrogen) atoms. The van der Waals surface area contributed by atoms with E-state index in [2.05, 4.69) is 15.2 Å². The maximum absolute atomic E-state index is 13.3. The number of carbonyl (C=O) groups is 3. The van der Waals surface area contributed by atoms with E-state index in [-0.39, 0.29) is 35.4 Å². The van der Waals surface area contributed by atoms with Crippen molar-refractivity contribution in [2.24, 2.45) is 22.4 Å². The van der Waals surface area contributed by atoms with Gasteiger partial charge in [0, 0.05) is 37.4 Å². The Morgan fingerprint density at radius 3 is 2.74 bits per heavy atom. The molecule has 8 nitrogen and oxygen atoms in total. The predicted molar refractivity (Wildman–Crippen MR) is 129 cm³/mol. The van der Waals surface area contributed by atoms with E-state index < -0.39 is 11.6 Å². The Bertz CT molecular complexity index is 684. The molecule has 0 aromatic carbocycles. The van der Waals surface area contributed by atoms with Crippen LogP contribution in [0.4, 0.5) is 0 Å². The normalized spacial score (nSPS) is 28.4. The number of nitrogens with zero attached hydrogens (tertiary/aromatic N) is 2. The molecule has 2 heterocycles. The molecular weight excluding hydrogens is 434 g/mol. The van der Waals surface area contributed by atoms with Crippen LogP contribution < -0.4 is 16.8 Å². The Morgan fingerprint density at radius 2 is 2.06 bits per heavy atom. The highest BCUT2D eigenvalue weighted by atomic mass is 33.1. The van der Waals surface area contributed by atoms with Crippen LogP contribution in [0.5, 0.6) is 0 Å². The summed E-state index contributed by atoms with van der Waals surface area (Å²) in [6.07, 6.45) is 3.55. The van der Waals surface area contributed by atoms with Crippen molar-refractivity contribution in [1.29, 1.82) is 0 Å². The first-order valence-corrected chi connectivity index (χ1v) is 13.6. The number of aliphatic imine (C=N–C) groups is 1. The molecule has 2 saturated heterocycles. The minimum atomic E-state index is -0.688. The zero-order valence-corrected chi connectivity index (χ0v) is 20.5. The van der Waals surface area contributed by atoms with Gasteiger partial charge in [-0.2, -0.15) is 0 Å². The quantitative estimate of drug-likeness (QED) is 0.221. The maximum Gasteiger partial charge on any atom is 0.237 e. The second-order valence-corrected chi connectivity index (χ2v) is 11.5. The summed E-state index contributed by atoms with van der Waals surface area (Å²) in [5.74, 6) is 1.64. The number of carbonyl (C=O) groups excluding carboxylic acids is 3. The predicted octanol–water partition coefficient (Wildman–Crippen LogP) is 1.72. The van der Waals surface area contributed by atoms with E-state index in [0.717, 1.165) is 6.42 Å². The molecule has 0 aromatic heterocycles. The van der Waals surface area contributed by atoms with Gasteiger partial charge < -0.3 is 16.8 Å². The largest absolute Gasteiger partial charge is 0.370 e. The van der Waals surface area contributed by atoms with Gasteiger partial charge in [0.2, 0.25) is 5.91 Å². The number of nitrogens with one attached hydrogen (secondary N) is 1. The Kier molecular flexibility index (Phi) is 10.2. The molecule has 0 aromatic rings. The van der Waals surface area contributed by atoms with Gasteiger partial charge in [-0.1, -0.05) is 35.4 Å². The molecular formula is C21H37N5O3S2. The van der Waals surface area contributed by atoms with Gasteiger partial charge >= 0.3 is 0 Å². The lowest BCUT2D eigenvalue weighted by atomic mass is 9.89. The molecule has 1 unspecified atom stereocenters. The van der Waals surface area contributed by atoms with E-state index in [9.17, 15) is 14.4 Å². The number of rotatable bonds is 7. The molecule has 0 saturated carbocycles. The van der Waals surface area contributed by atoms with Crippen LogP contribution in [0.15, 0.2) is 4.99 Å². The summed E-state index contributed by atoms with van der Waals surface area (Å²) in [6, 6.07) is -0.939. The number of ketones is 2. The summed E-state index contributed by atoms with van der Waals surface area (Å²) >= 11 is 0. The highest BCUT2D eigenvalue weighted by Gasteiger charge is 2.47. The monoisotopic (exact) mass is 471 g/mol. The van der Waals surface area contributed by atoms with Crippen LogP contribution in [-0.2, 0) is 14.4 Å². The average molecular weight is 472 g/mol. The van der Waals surface area contributed by atoms with Gasteiger partial charge in [-0.15, -0.1) is 0 Å². The smallest absolute Gasteiger partial charge is 0.237 e. The van der Waals surface area contributed by atoms with E-state index in [1.165, 1.54) is 0 Å². The number of nitrogens with two attached hydrogens (primary N) is 2. The number of Topliss-reactive ketones (excluding diaryl/α,β-unsaturated/α-hetero) is 2. The zero-order chi connectivity index (χ0) is 23.0. The summed E-state index contributed by atoms with van der Waals surface area (Å²) in [5, 5.41) is 2.99. The number of hydrogen-bond donors (Lipinski definition) is 3. The van der Waals surface area contributed by atoms with Crippen LogP contribution >= 0.6 is 21.6 Å². The molecule has 0 aliphatic carbocycles. The van der Waals surface area contributed by atoms with Crippen LogP contribution in [0.1, 0.15) is 59.3 Å². The fourth-order valence-corrected chi connectivity index (χ4v) is 6.75. The molecule has 1 amide bonds. The summed E-state index contributed by atoms with van der Waals surface area (Å²) in [4.78, 5) is 45.3. The van der Waals surface area contributed by atoms with Gasteiger partial charge in [-0.05, 0) is 38.5 Å². The lowest BCUT2D eigenvalue weighted by Crippen LogP contribution is -2.60. The average Bonchev–Trinajstić information content (AvgIpc) is 3.18. The molecule has 5 N–H and O–H groups in total. The van der Waals surface area contributed by atoms with Crippen LogP contribution in [0, 0.1) is 5.92 Å². The lowest BCUT2D eigenvalue weighted by Gasteiger charge is -2.41. The van der Waals surface area contributed by atoms with Gasteiger partial charge in [-0.3, -0.25) is 24.3 Å². The van der Waals surface area contributed by atoms with Crippen molar-refractivity contribution in [3.8, 4) is 0 Å². The molecule has 2 aliphatic rings. The van der Waals surface area contributed by atoms with Crippen molar-refractivity contribution in [1.82, 2.24) is 10.2 Å². The Balaban J connectivity index is 2.20. The minimum absolute atomic E-state index is 0.0226. The zero-order valence-electron chi connectivity index (χ0n) is 18.9. The molecule has 2 rings (SSSR count). The van der Waals surface area contributed by atoms with Gasteiger partial charge in [-0.25, -0.2) is 0 Å². The van der Waals surface area contributed by atoms with Crippen molar-refractivity contribution in [3.05, 3.63) is 0 Å². The SMILES string of the molecule is CC(C)CC(=O)C1(C)CSSCCC(=O)[C@H](CCCN=C(N)N)NC(=O)[C@@H]2CCCN21. The van der Waals surface area contributed by atoms with Gasteiger partial charge in [0.05, 0.1) is 17.6 Å². The van der Waals surface area contributed by atoms with Crippen LogP contribution in [-0.4, -0.2) is 70.6 Å². The van der Waals surface area contributed by atoms with Crippen LogP contribution in [0.25, 0.3) is 0 Å². The Morgan fingerprint density at radius 1 is 1.32 bits per heavy atom. The lowest BCUT2D eigenvalue weighted by molar-refractivity contribution is -0.136. The van der Waals surface area contributed by atoms with E-state index in [4.69, 9.17) is 11.5 Å². The third-order valence-electron chi connectivity index (χ3n) is 5.89. The molecule has 2 aliphatic heterocycles. The molecule has 3 atom stereocenters. The summed E-state index contributed by atoms with van der Waals surface area (Å²) in [7, 11) is 3.26. The number of hydrogen-bond acceptors (Lipinski definition) is 7. The maximum atomic E-state index is 13.3. The van der Waals surface area contributed by atoms with Crippen LogP contribution in [0.3, 0.4) is 0 Å². The van der Waals surface area contributed by atoms with Crippen LogP contribution in [0.2, 0.25) is 0 Å². The molecule has 0 radical (unpaired) electrons. The van der Waals surface area contributed by atoms with Crippen molar-refractivity contribution in [2.45, 2.75) is 76.9 Å². The first-order chi connectivity index (χ1) is 14.6. The highest BCUT2D eigenvalue weighted by Crippen LogP contribution is 2.36. The molecule has 10 heteroatoms. The fraction of sp³-hybridized carbons (Fsp3) is 0.810. The summed E-state index contributed by atoms with van der Waals surface area (Å²) in [6.45, 7) is 7.22. The first kappa shape index (κ1) is 26.0. The van der Waals surface area contributed by atoms with E-state index in [0.29, 0.717) is 56.7 Å². The van der Waals surface area contributed by atoms with Crippen molar-refractivity contribution in [3.63, 3.8) is 0 Å². The third-order valence-corrected chi connectivity index (χ3v) is 8.46. The second-order valence-electron chi connectivity index (χ2n) is 8.96. The molecule has 176 valence electrons. The first-order valence-electron chi connectivity index (χ1n) is 11.1.